The second kappa shape index (κ2) is 4.84. The second-order valence-electron chi connectivity index (χ2n) is 3.46. The fourth-order valence-electron chi connectivity index (χ4n) is 1.36. The fraction of sp³-hybridized carbons (Fsp3) is 0.545. The quantitative estimate of drug-likeness (QED) is 0.688. The van der Waals surface area contributed by atoms with Crippen LogP contribution in [0.2, 0.25) is 0 Å². The van der Waals surface area contributed by atoms with Crippen molar-refractivity contribution in [3.63, 3.8) is 0 Å². The number of nitrogens with zero attached hydrogens (tertiary/aromatic N) is 2. The maximum atomic E-state index is 11.8. The molecule has 0 radical (unpaired) electrons. The van der Waals surface area contributed by atoms with E-state index in [0.29, 0.717) is 5.82 Å². The van der Waals surface area contributed by atoms with Crippen LogP contribution < -0.4 is 0 Å². The number of rotatable bonds is 4. The maximum absolute atomic E-state index is 11.8. The molecule has 3 heteroatoms. The minimum absolute atomic E-state index is 0.0648. The summed E-state index contributed by atoms with van der Waals surface area (Å²) in [6, 6.07) is 0. The normalized spacial score (nSPS) is 10.6. The third-order valence-corrected chi connectivity index (χ3v) is 2.36. The standard InChI is InChI=1S/C11H16N2O/c1-4-9(5-2)10(14)11-12-6-8(3)7-13-11/h6-7,9H,4-5H2,1-3H3. The number of Topliss-reactive ketones (excluding diaryl/α,β-unsaturated/α-hetero) is 1. The Morgan fingerprint density at radius 1 is 1.29 bits per heavy atom. The van der Waals surface area contributed by atoms with Crippen LogP contribution in [0.3, 0.4) is 0 Å². The molecule has 3 nitrogen and oxygen atoms in total. The summed E-state index contributed by atoms with van der Waals surface area (Å²) in [6.45, 7) is 5.94. The highest BCUT2D eigenvalue weighted by Crippen LogP contribution is 2.12. The van der Waals surface area contributed by atoms with E-state index in [1.807, 2.05) is 20.8 Å². The molecule has 1 aromatic rings. The van der Waals surface area contributed by atoms with Crippen molar-refractivity contribution in [2.45, 2.75) is 33.6 Å². The van der Waals surface area contributed by atoms with Crippen LogP contribution in [0.4, 0.5) is 0 Å². The third-order valence-electron chi connectivity index (χ3n) is 2.36. The SMILES string of the molecule is CCC(CC)C(=O)c1ncc(C)cn1. The van der Waals surface area contributed by atoms with Gasteiger partial charge in [-0.15, -0.1) is 0 Å². The molecule has 0 amide bonds. The lowest BCUT2D eigenvalue weighted by Gasteiger charge is -2.08. The Morgan fingerprint density at radius 2 is 1.79 bits per heavy atom. The minimum Gasteiger partial charge on any atom is -0.290 e. The van der Waals surface area contributed by atoms with E-state index in [-0.39, 0.29) is 11.7 Å². The first kappa shape index (κ1) is 10.8. The van der Waals surface area contributed by atoms with Crippen molar-refractivity contribution >= 4 is 5.78 Å². The summed E-state index contributed by atoms with van der Waals surface area (Å²) in [5.74, 6) is 0.483. The van der Waals surface area contributed by atoms with Crippen LogP contribution in [-0.2, 0) is 0 Å². The van der Waals surface area contributed by atoms with E-state index in [0.717, 1.165) is 18.4 Å². The van der Waals surface area contributed by atoms with Crippen LogP contribution in [0.1, 0.15) is 42.9 Å². The first-order valence-corrected chi connectivity index (χ1v) is 5.01. The van der Waals surface area contributed by atoms with Gasteiger partial charge in [-0.25, -0.2) is 9.97 Å². The second-order valence-corrected chi connectivity index (χ2v) is 3.46. The van der Waals surface area contributed by atoms with E-state index in [4.69, 9.17) is 0 Å². The van der Waals surface area contributed by atoms with Gasteiger partial charge in [0.05, 0.1) is 0 Å². The number of aromatic nitrogens is 2. The first-order valence-electron chi connectivity index (χ1n) is 5.01. The first-order chi connectivity index (χ1) is 6.69. The lowest BCUT2D eigenvalue weighted by atomic mass is 9.98. The smallest absolute Gasteiger partial charge is 0.203 e. The largest absolute Gasteiger partial charge is 0.290 e. The molecular formula is C11H16N2O. The fourth-order valence-corrected chi connectivity index (χ4v) is 1.36. The maximum Gasteiger partial charge on any atom is 0.203 e. The molecule has 76 valence electrons. The Balaban J connectivity index is 2.83. The molecule has 0 spiro atoms. The zero-order chi connectivity index (χ0) is 10.6. The van der Waals surface area contributed by atoms with Gasteiger partial charge < -0.3 is 0 Å². The highest BCUT2D eigenvalue weighted by molar-refractivity contribution is 5.94. The lowest BCUT2D eigenvalue weighted by molar-refractivity contribution is 0.0902. The molecule has 0 aromatic carbocycles. The molecule has 0 aliphatic rings. The monoisotopic (exact) mass is 192 g/mol. The van der Waals surface area contributed by atoms with Crippen LogP contribution in [0.5, 0.6) is 0 Å². The van der Waals surface area contributed by atoms with Gasteiger partial charge >= 0.3 is 0 Å². The van der Waals surface area contributed by atoms with Gasteiger partial charge in [-0.2, -0.15) is 0 Å². The van der Waals surface area contributed by atoms with Crippen LogP contribution in [0.25, 0.3) is 0 Å². The van der Waals surface area contributed by atoms with E-state index in [2.05, 4.69) is 9.97 Å². The molecule has 0 saturated carbocycles. The van der Waals surface area contributed by atoms with Crippen LogP contribution >= 0.6 is 0 Å². The van der Waals surface area contributed by atoms with E-state index < -0.39 is 0 Å². The average Bonchev–Trinajstić information content (AvgIpc) is 2.20. The van der Waals surface area contributed by atoms with Crippen molar-refractivity contribution < 1.29 is 4.79 Å². The Morgan fingerprint density at radius 3 is 2.21 bits per heavy atom. The molecule has 0 saturated heterocycles. The predicted octanol–water partition coefficient (Wildman–Crippen LogP) is 2.40. The van der Waals surface area contributed by atoms with Crippen LogP contribution in [0.15, 0.2) is 12.4 Å². The summed E-state index contributed by atoms with van der Waals surface area (Å²) in [5.41, 5.74) is 0.978. The Kier molecular flexibility index (Phi) is 3.74. The summed E-state index contributed by atoms with van der Waals surface area (Å²) < 4.78 is 0. The Hall–Kier alpha value is -1.25. The minimum atomic E-state index is 0.0648. The van der Waals surface area contributed by atoms with Gasteiger partial charge in [0.15, 0.2) is 5.82 Å². The molecule has 14 heavy (non-hydrogen) atoms. The number of carbonyl (C=O) groups is 1. The highest BCUT2D eigenvalue weighted by atomic mass is 16.1. The molecule has 1 heterocycles. The number of aryl methyl sites for hydroxylation is 1. The molecule has 0 bridgehead atoms. The van der Waals surface area contributed by atoms with Crippen molar-refractivity contribution in [3.05, 3.63) is 23.8 Å². The van der Waals surface area contributed by atoms with Crippen LogP contribution in [-0.4, -0.2) is 15.8 Å². The summed E-state index contributed by atoms with van der Waals surface area (Å²) >= 11 is 0. The van der Waals surface area contributed by atoms with E-state index in [1.54, 1.807) is 12.4 Å². The van der Waals surface area contributed by atoms with Crippen LogP contribution in [0, 0.1) is 12.8 Å². The molecule has 0 aliphatic carbocycles. The van der Waals surface area contributed by atoms with Gasteiger partial charge in [0, 0.05) is 18.3 Å². The van der Waals surface area contributed by atoms with Gasteiger partial charge in [0.25, 0.3) is 0 Å². The molecule has 0 unspecified atom stereocenters. The van der Waals surface area contributed by atoms with Crippen molar-refractivity contribution in [1.82, 2.24) is 9.97 Å². The van der Waals surface area contributed by atoms with Crippen molar-refractivity contribution in [1.29, 1.82) is 0 Å². The van der Waals surface area contributed by atoms with E-state index in [9.17, 15) is 4.79 Å². The van der Waals surface area contributed by atoms with E-state index in [1.165, 1.54) is 0 Å². The molecule has 0 fully saturated rings. The van der Waals surface area contributed by atoms with Gasteiger partial charge in [-0.3, -0.25) is 4.79 Å². The summed E-state index contributed by atoms with van der Waals surface area (Å²) in [6.07, 6.45) is 5.07. The van der Waals surface area contributed by atoms with Crippen molar-refractivity contribution in [3.8, 4) is 0 Å². The van der Waals surface area contributed by atoms with E-state index >= 15 is 0 Å². The number of hydrogen-bond acceptors (Lipinski definition) is 3. The summed E-state index contributed by atoms with van der Waals surface area (Å²) in [4.78, 5) is 19.9. The molecule has 0 aliphatic heterocycles. The third kappa shape index (κ3) is 2.37. The van der Waals surface area contributed by atoms with Gasteiger partial charge in [-0.05, 0) is 25.3 Å². The van der Waals surface area contributed by atoms with Gasteiger partial charge in [-0.1, -0.05) is 13.8 Å². The lowest BCUT2D eigenvalue weighted by Crippen LogP contribution is -2.16. The zero-order valence-corrected chi connectivity index (χ0v) is 8.95. The molecule has 1 aromatic heterocycles. The summed E-state index contributed by atoms with van der Waals surface area (Å²) in [7, 11) is 0. The average molecular weight is 192 g/mol. The summed E-state index contributed by atoms with van der Waals surface area (Å²) in [5, 5.41) is 0. The topological polar surface area (TPSA) is 42.9 Å². The number of hydrogen-bond donors (Lipinski definition) is 0. The zero-order valence-electron chi connectivity index (χ0n) is 8.95. The molecule has 1 rings (SSSR count). The predicted molar refractivity (Wildman–Crippen MR) is 55.2 cm³/mol. The van der Waals surface area contributed by atoms with Gasteiger partial charge in [0.1, 0.15) is 0 Å². The number of carbonyl (C=O) groups excluding carboxylic acids is 1. The Bertz CT molecular complexity index is 302. The van der Waals surface area contributed by atoms with Gasteiger partial charge in [0.2, 0.25) is 5.78 Å². The highest BCUT2D eigenvalue weighted by Gasteiger charge is 2.18. The molecule has 0 atom stereocenters. The molecule has 0 N–H and O–H groups in total. The number of ketones is 1. The molecular weight excluding hydrogens is 176 g/mol. The van der Waals surface area contributed by atoms with Crippen molar-refractivity contribution in [2.24, 2.45) is 5.92 Å². The Labute approximate surface area is 84.6 Å². The van der Waals surface area contributed by atoms with Crippen molar-refractivity contribution in [2.75, 3.05) is 0 Å².